The first kappa shape index (κ1) is 16.9. The number of hydrogen-bond acceptors (Lipinski definition) is 1. The molecule has 1 saturated carbocycles. The summed E-state index contributed by atoms with van der Waals surface area (Å²) in [7, 11) is 0. The lowest BCUT2D eigenvalue weighted by Gasteiger charge is -2.16. The average molecular weight is 360 g/mol. The second-order valence-electron chi connectivity index (χ2n) is 6.59. The molecule has 0 amide bonds. The van der Waals surface area contributed by atoms with Crippen LogP contribution in [0.3, 0.4) is 0 Å². The van der Waals surface area contributed by atoms with Crippen LogP contribution in [-0.2, 0) is 0 Å². The van der Waals surface area contributed by atoms with Crippen molar-refractivity contribution in [2.45, 2.75) is 31.6 Å². The van der Waals surface area contributed by atoms with Crippen LogP contribution in [0.1, 0.15) is 37.2 Å². The van der Waals surface area contributed by atoms with Gasteiger partial charge in [0.05, 0.1) is 0 Å². The van der Waals surface area contributed by atoms with Crippen LogP contribution in [-0.4, -0.2) is 0 Å². The van der Waals surface area contributed by atoms with Crippen molar-refractivity contribution in [1.82, 2.24) is 0 Å². The van der Waals surface area contributed by atoms with Crippen LogP contribution in [0.5, 0.6) is 11.5 Å². The van der Waals surface area contributed by atoms with Gasteiger partial charge in [-0.25, -0.2) is 8.78 Å². The molecule has 0 radical (unpaired) electrons. The minimum absolute atomic E-state index is 0.105. The van der Waals surface area contributed by atoms with Gasteiger partial charge in [-0.05, 0) is 41.7 Å². The Bertz CT molecular complexity index is 948. The Hall–Kier alpha value is -2.56. The van der Waals surface area contributed by atoms with Crippen LogP contribution in [0.4, 0.5) is 17.6 Å². The summed E-state index contributed by atoms with van der Waals surface area (Å²) in [6.07, 6.45) is 2.64. The monoisotopic (exact) mass is 360 g/mol. The number of halogens is 4. The van der Waals surface area contributed by atoms with E-state index in [4.69, 9.17) is 4.74 Å². The van der Waals surface area contributed by atoms with Crippen LogP contribution in [0.15, 0.2) is 42.5 Å². The number of fused-ring (bicyclic) bond motifs is 1. The van der Waals surface area contributed by atoms with Crippen LogP contribution in [0.2, 0.25) is 0 Å². The molecule has 3 aromatic rings. The van der Waals surface area contributed by atoms with E-state index in [0.717, 1.165) is 23.6 Å². The van der Waals surface area contributed by atoms with Crippen LogP contribution >= 0.6 is 0 Å². The number of rotatable bonds is 3. The molecule has 0 heterocycles. The summed E-state index contributed by atoms with van der Waals surface area (Å²) < 4.78 is 63.0. The molecule has 0 N–H and O–H groups in total. The average Bonchev–Trinajstić information content (AvgIpc) is 3.18. The maximum Gasteiger partial charge on any atom is 0.204 e. The Balaban J connectivity index is 1.76. The molecule has 0 bridgehead atoms. The highest BCUT2D eigenvalue weighted by Crippen LogP contribution is 2.41. The summed E-state index contributed by atoms with van der Waals surface area (Å²) in [6.45, 7) is 0. The van der Waals surface area contributed by atoms with Crippen LogP contribution in [0.25, 0.3) is 10.8 Å². The molecule has 1 aliphatic carbocycles. The second-order valence-corrected chi connectivity index (χ2v) is 6.59. The smallest absolute Gasteiger partial charge is 0.204 e. The molecule has 0 unspecified atom stereocenters. The van der Waals surface area contributed by atoms with E-state index in [9.17, 15) is 17.6 Å². The normalized spacial score (nSPS) is 14.9. The molecule has 1 nitrogen and oxygen atoms in total. The van der Waals surface area contributed by atoms with E-state index >= 15 is 0 Å². The van der Waals surface area contributed by atoms with E-state index in [1.807, 2.05) is 18.2 Å². The SMILES string of the molecule is Fc1c(F)c(C2CCCC2)c(F)c(F)c1Oc1ccc2ccccc2c1. The molecular formula is C21H16F4O. The van der Waals surface area contributed by atoms with E-state index in [0.29, 0.717) is 12.8 Å². The zero-order valence-corrected chi connectivity index (χ0v) is 13.9. The molecule has 0 atom stereocenters. The minimum Gasteiger partial charge on any atom is -0.451 e. The van der Waals surface area contributed by atoms with Gasteiger partial charge in [-0.1, -0.05) is 43.2 Å². The van der Waals surface area contributed by atoms with Crippen molar-refractivity contribution in [2.24, 2.45) is 0 Å². The number of hydrogen-bond donors (Lipinski definition) is 0. The van der Waals surface area contributed by atoms with Crippen LogP contribution < -0.4 is 4.74 Å². The minimum atomic E-state index is -1.49. The van der Waals surface area contributed by atoms with Crippen molar-refractivity contribution in [3.05, 3.63) is 71.3 Å². The van der Waals surface area contributed by atoms with Gasteiger partial charge in [0, 0.05) is 5.56 Å². The Labute approximate surface area is 148 Å². The quantitative estimate of drug-likeness (QED) is 0.367. The summed E-state index contributed by atoms with van der Waals surface area (Å²) in [5.41, 5.74) is -0.497. The lowest BCUT2D eigenvalue weighted by atomic mass is 9.95. The maximum atomic E-state index is 14.4. The fourth-order valence-electron chi connectivity index (χ4n) is 3.64. The Morgan fingerprint density at radius 1 is 0.731 bits per heavy atom. The summed E-state index contributed by atoms with van der Waals surface area (Å²) in [5, 5.41) is 1.70. The van der Waals surface area contributed by atoms with Crippen molar-refractivity contribution < 1.29 is 22.3 Å². The second kappa shape index (κ2) is 6.63. The van der Waals surface area contributed by atoms with E-state index in [1.165, 1.54) is 6.07 Å². The Morgan fingerprint density at radius 3 is 2.00 bits per heavy atom. The molecule has 1 aliphatic rings. The Morgan fingerprint density at radius 2 is 1.35 bits per heavy atom. The highest BCUT2D eigenvalue weighted by Gasteiger charge is 2.32. The molecule has 0 aromatic heterocycles. The van der Waals surface area contributed by atoms with Crippen molar-refractivity contribution in [3.63, 3.8) is 0 Å². The van der Waals surface area contributed by atoms with Gasteiger partial charge in [0.15, 0.2) is 11.6 Å². The van der Waals surface area contributed by atoms with Gasteiger partial charge < -0.3 is 4.74 Å². The van der Waals surface area contributed by atoms with Crippen LogP contribution in [0, 0.1) is 23.3 Å². The molecule has 4 rings (SSSR count). The van der Waals surface area contributed by atoms with Gasteiger partial charge >= 0.3 is 0 Å². The Kier molecular flexibility index (Phi) is 4.31. The first-order valence-corrected chi connectivity index (χ1v) is 8.58. The zero-order chi connectivity index (χ0) is 18.3. The van der Waals surface area contributed by atoms with E-state index in [1.54, 1.807) is 18.2 Å². The largest absolute Gasteiger partial charge is 0.451 e. The van der Waals surface area contributed by atoms with Crippen molar-refractivity contribution >= 4 is 10.8 Å². The highest BCUT2D eigenvalue weighted by atomic mass is 19.2. The summed E-state index contributed by atoms with van der Waals surface area (Å²) in [6, 6.07) is 12.1. The lowest BCUT2D eigenvalue weighted by molar-refractivity contribution is 0.356. The standard InChI is InChI=1S/C21H16F4O/c22-17-16(13-6-2-3-7-13)18(23)20(25)21(19(17)24)26-15-10-9-12-5-1-4-8-14(12)11-15/h1,4-5,8-11,13H,2-3,6-7H2. The molecular weight excluding hydrogens is 344 g/mol. The predicted molar refractivity (Wildman–Crippen MR) is 91.5 cm³/mol. The third kappa shape index (κ3) is 2.81. The first-order valence-electron chi connectivity index (χ1n) is 8.58. The van der Waals surface area contributed by atoms with Gasteiger partial charge in [0.2, 0.25) is 17.4 Å². The third-order valence-corrected chi connectivity index (χ3v) is 4.96. The van der Waals surface area contributed by atoms with Gasteiger partial charge in [-0.3, -0.25) is 0 Å². The fraction of sp³-hybridized carbons (Fsp3) is 0.238. The van der Waals surface area contributed by atoms with E-state index in [2.05, 4.69) is 0 Å². The fourth-order valence-corrected chi connectivity index (χ4v) is 3.64. The van der Waals surface area contributed by atoms with Gasteiger partial charge in [-0.2, -0.15) is 8.78 Å². The topological polar surface area (TPSA) is 9.23 Å². The van der Waals surface area contributed by atoms with Crippen molar-refractivity contribution in [3.8, 4) is 11.5 Å². The van der Waals surface area contributed by atoms with Gasteiger partial charge in [0.1, 0.15) is 5.75 Å². The van der Waals surface area contributed by atoms with Gasteiger partial charge in [0.25, 0.3) is 0 Å². The molecule has 26 heavy (non-hydrogen) atoms. The lowest BCUT2D eigenvalue weighted by Crippen LogP contribution is -2.09. The van der Waals surface area contributed by atoms with E-state index < -0.39 is 40.5 Å². The zero-order valence-electron chi connectivity index (χ0n) is 13.9. The van der Waals surface area contributed by atoms with Crippen molar-refractivity contribution in [1.29, 1.82) is 0 Å². The summed E-state index contributed by atoms with van der Waals surface area (Å²) >= 11 is 0. The van der Waals surface area contributed by atoms with Gasteiger partial charge in [-0.15, -0.1) is 0 Å². The molecule has 134 valence electrons. The molecule has 0 spiro atoms. The summed E-state index contributed by atoms with van der Waals surface area (Å²) in [5.74, 6) is -7.12. The highest BCUT2D eigenvalue weighted by molar-refractivity contribution is 5.83. The van der Waals surface area contributed by atoms with Crippen molar-refractivity contribution in [2.75, 3.05) is 0 Å². The molecule has 1 fully saturated rings. The molecule has 0 aliphatic heterocycles. The molecule has 0 saturated heterocycles. The maximum absolute atomic E-state index is 14.4. The van der Waals surface area contributed by atoms with E-state index in [-0.39, 0.29) is 5.75 Å². The number of benzene rings is 3. The molecule has 3 aromatic carbocycles. The summed E-state index contributed by atoms with van der Waals surface area (Å²) in [4.78, 5) is 0. The molecule has 5 heteroatoms. The first-order chi connectivity index (χ1) is 12.6. The number of ether oxygens (including phenoxy) is 1. The predicted octanol–water partition coefficient (Wildman–Crippen LogP) is 6.85. The third-order valence-electron chi connectivity index (χ3n) is 4.96.